The van der Waals surface area contributed by atoms with E-state index in [9.17, 15) is 14.7 Å². The molecule has 6 heteroatoms. The van der Waals surface area contributed by atoms with Crippen LogP contribution in [0.2, 0.25) is 0 Å². The minimum Gasteiger partial charge on any atom is -0.480 e. The Morgan fingerprint density at radius 3 is 2.58 bits per heavy atom. The van der Waals surface area contributed by atoms with Gasteiger partial charge in [-0.05, 0) is 17.0 Å². The van der Waals surface area contributed by atoms with Gasteiger partial charge in [0.15, 0.2) is 0 Å². The van der Waals surface area contributed by atoms with E-state index in [4.69, 9.17) is 0 Å². The van der Waals surface area contributed by atoms with E-state index in [2.05, 4.69) is 35.9 Å². The van der Waals surface area contributed by atoms with E-state index in [1.165, 1.54) is 17.3 Å². The third-order valence-corrected chi connectivity index (χ3v) is 5.78. The summed E-state index contributed by atoms with van der Waals surface area (Å²) in [7, 11) is 0. The Labute approximate surface area is 144 Å². The smallest absolute Gasteiger partial charge is 0.317 e. The van der Waals surface area contributed by atoms with E-state index in [0.29, 0.717) is 28.8 Å². The Balaban J connectivity index is 1.87. The van der Waals surface area contributed by atoms with Gasteiger partial charge in [0.1, 0.15) is 16.1 Å². The molecule has 1 aliphatic rings. The average Bonchev–Trinajstić information content (AvgIpc) is 2.85. The minimum absolute atomic E-state index is 0.224. The van der Waals surface area contributed by atoms with Crippen LogP contribution in [0, 0.1) is 0 Å². The van der Waals surface area contributed by atoms with Gasteiger partial charge < -0.3 is 10.1 Å². The minimum atomic E-state index is -0.907. The van der Waals surface area contributed by atoms with E-state index < -0.39 is 11.2 Å². The zero-order valence-corrected chi connectivity index (χ0v) is 14.7. The number of nitrogens with zero attached hydrogens (tertiary/aromatic N) is 1. The summed E-state index contributed by atoms with van der Waals surface area (Å²) in [5.41, 5.74) is 2.60. The molecule has 2 atom stereocenters. The van der Waals surface area contributed by atoms with Crippen molar-refractivity contribution in [3.63, 3.8) is 0 Å². The highest BCUT2D eigenvalue weighted by Crippen LogP contribution is 2.42. The molecule has 5 nitrogen and oxygen atoms in total. The number of aromatic nitrogens is 2. The van der Waals surface area contributed by atoms with Crippen molar-refractivity contribution < 1.29 is 9.90 Å². The molecule has 0 spiro atoms. The number of fused-ring (bicyclic) bond motifs is 1. The van der Waals surface area contributed by atoms with Crippen LogP contribution in [0.15, 0.2) is 34.1 Å². The summed E-state index contributed by atoms with van der Waals surface area (Å²) in [6.07, 6.45) is 0.521. The maximum absolute atomic E-state index is 12.3. The normalized spacial score (nSPS) is 19.5. The van der Waals surface area contributed by atoms with Crippen molar-refractivity contribution in [3.05, 3.63) is 57.1 Å². The Morgan fingerprint density at radius 1 is 1.33 bits per heavy atom. The molecule has 0 aliphatic carbocycles. The van der Waals surface area contributed by atoms with Crippen LogP contribution in [0.25, 0.3) is 0 Å². The summed E-state index contributed by atoms with van der Waals surface area (Å²) in [6, 6.07) is 8.25. The molecule has 0 bridgehead atoms. The number of nitrogens with one attached hydrogen (secondary N) is 1. The van der Waals surface area contributed by atoms with Crippen LogP contribution in [-0.4, -0.2) is 26.3 Å². The van der Waals surface area contributed by atoms with Crippen LogP contribution in [0.3, 0.4) is 0 Å². The molecular weight excluding hydrogens is 324 g/mol. The third kappa shape index (κ3) is 3.11. The molecule has 1 aliphatic heterocycles. The number of carbonyl (C=O) groups is 1. The van der Waals surface area contributed by atoms with Crippen molar-refractivity contribution in [3.8, 4) is 0 Å². The number of aliphatic carboxylic acids is 1. The number of H-pyrrole nitrogens is 1. The first-order chi connectivity index (χ1) is 11.4. The van der Waals surface area contributed by atoms with Gasteiger partial charge in [-0.15, -0.1) is 0 Å². The van der Waals surface area contributed by atoms with Gasteiger partial charge in [0.05, 0.1) is 5.56 Å². The molecule has 24 heavy (non-hydrogen) atoms. The molecule has 0 fully saturated rings. The fraction of sp³-hybridized carbons (Fsp3) is 0.389. The third-order valence-electron chi connectivity index (χ3n) is 4.38. The fourth-order valence-electron chi connectivity index (χ4n) is 2.93. The van der Waals surface area contributed by atoms with Crippen molar-refractivity contribution in [2.75, 3.05) is 0 Å². The maximum atomic E-state index is 12.3. The van der Waals surface area contributed by atoms with Crippen LogP contribution in [-0.2, 0) is 11.2 Å². The van der Waals surface area contributed by atoms with E-state index in [1.54, 1.807) is 6.92 Å². The average molecular weight is 344 g/mol. The van der Waals surface area contributed by atoms with Gasteiger partial charge in [0.25, 0.3) is 5.56 Å². The lowest BCUT2D eigenvalue weighted by Crippen LogP contribution is -2.23. The van der Waals surface area contributed by atoms with Crippen LogP contribution < -0.4 is 5.56 Å². The predicted molar refractivity (Wildman–Crippen MR) is 93.9 cm³/mol. The molecule has 2 aromatic rings. The van der Waals surface area contributed by atoms with Gasteiger partial charge in [-0.25, -0.2) is 4.98 Å². The quantitative estimate of drug-likeness (QED) is 0.833. The van der Waals surface area contributed by atoms with Crippen LogP contribution in [0.4, 0.5) is 0 Å². The largest absolute Gasteiger partial charge is 0.480 e. The first-order valence-electron chi connectivity index (χ1n) is 7.98. The molecule has 0 radical (unpaired) electrons. The van der Waals surface area contributed by atoms with Crippen LogP contribution >= 0.6 is 11.8 Å². The topological polar surface area (TPSA) is 83.0 Å². The lowest BCUT2D eigenvalue weighted by atomic mass is 10.00. The van der Waals surface area contributed by atoms with Gasteiger partial charge in [-0.3, -0.25) is 9.59 Å². The first kappa shape index (κ1) is 16.8. The van der Waals surface area contributed by atoms with Gasteiger partial charge in [-0.2, -0.15) is 0 Å². The lowest BCUT2D eigenvalue weighted by Gasteiger charge is -2.08. The van der Waals surface area contributed by atoms with Gasteiger partial charge in [0, 0.05) is 12.3 Å². The Hall–Kier alpha value is -2.08. The highest BCUT2D eigenvalue weighted by atomic mass is 32.2. The monoisotopic (exact) mass is 344 g/mol. The number of hydrogen-bond donors (Lipinski definition) is 2. The Kier molecular flexibility index (Phi) is 4.49. The van der Waals surface area contributed by atoms with Crippen molar-refractivity contribution in [1.82, 2.24) is 9.97 Å². The SMILES string of the molecule is CC(C)c1ccc(Cc2nc3c(c(=O)[nH]2)C(C)C(C(=O)O)S3)cc1. The van der Waals surface area contributed by atoms with E-state index >= 15 is 0 Å². The van der Waals surface area contributed by atoms with E-state index in [-0.39, 0.29) is 11.5 Å². The highest BCUT2D eigenvalue weighted by molar-refractivity contribution is 8.00. The molecule has 1 aromatic carbocycles. The molecule has 3 rings (SSSR count). The second kappa shape index (κ2) is 6.43. The van der Waals surface area contributed by atoms with E-state index in [1.807, 2.05) is 12.1 Å². The fourth-order valence-corrected chi connectivity index (χ4v) is 4.18. The number of aromatic amines is 1. The van der Waals surface area contributed by atoms with Crippen molar-refractivity contribution in [2.24, 2.45) is 0 Å². The number of benzene rings is 1. The molecule has 0 saturated carbocycles. The number of carboxylic acids is 1. The molecule has 0 amide bonds. The molecule has 2 heterocycles. The maximum Gasteiger partial charge on any atom is 0.317 e. The summed E-state index contributed by atoms with van der Waals surface area (Å²) in [5.74, 6) is -0.196. The molecule has 2 unspecified atom stereocenters. The summed E-state index contributed by atoms with van der Waals surface area (Å²) >= 11 is 1.17. The summed E-state index contributed by atoms with van der Waals surface area (Å²) in [6.45, 7) is 6.05. The number of thioether (sulfide) groups is 1. The first-order valence-corrected chi connectivity index (χ1v) is 8.86. The predicted octanol–water partition coefficient (Wildman–Crippen LogP) is 3.15. The Bertz CT molecular complexity index is 827. The zero-order valence-electron chi connectivity index (χ0n) is 13.9. The number of rotatable bonds is 4. The molecule has 126 valence electrons. The van der Waals surface area contributed by atoms with Crippen molar-refractivity contribution >= 4 is 17.7 Å². The summed E-state index contributed by atoms with van der Waals surface area (Å²) in [4.78, 5) is 30.9. The number of carboxylic acid groups (broad SMARTS) is 1. The van der Waals surface area contributed by atoms with Crippen LogP contribution in [0.1, 0.15) is 55.1 Å². The van der Waals surface area contributed by atoms with Gasteiger partial charge >= 0.3 is 5.97 Å². The molecule has 0 saturated heterocycles. The Morgan fingerprint density at radius 2 is 2.00 bits per heavy atom. The highest BCUT2D eigenvalue weighted by Gasteiger charge is 2.38. The van der Waals surface area contributed by atoms with Crippen molar-refractivity contribution in [1.29, 1.82) is 0 Å². The molecular formula is C18H20N2O3S. The summed E-state index contributed by atoms with van der Waals surface area (Å²) in [5, 5.41) is 9.17. The number of hydrogen-bond acceptors (Lipinski definition) is 4. The van der Waals surface area contributed by atoms with Gasteiger partial charge in [0.2, 0.25) is 0 Å². The zero-order chi connectivity index (χ0) is 17.4. The second-order valence-electron chi connectivity index (χ2n) is 6.47. The van der Waals surface area contributed by atoms with Crippen LogP contribution in [0.5, 0.6) is 0 Å². The summed E-state index contributed by atoms with van der Waals surface area (Å²) < 4.78 is 0. The van der Waals surface area contributed by atoms with Crippen molar-refractivity contribution in [2.45, 2.75) is 49.3 Å². The molecule has 2 N–H and O–H groups in total. The standard InChI is InChI=1S/C18H20N2O3S/c1-9(2)12-6-4-11(5-7-12)8-13-19-16(21)14-10(3)15(18(22)23)24-17(14)20-13/h4-7,9-10,15H,8H2,1-3H3,(H,22,23)(H,19,20,21). The lowest BCUT2D eigenvalue weighted by molar-refractivity contribution is -0.136. The molecule has 1 aromatic heterocycles. The second-order valence-corrected chi connectivity index (χ2v) is 7.60. The van der Waals surface area contributed by atoms with Gasteiger partial charge in [-0.1, -0.05) is 56.8 Å². The van der Waals surface area contributed by atoms with E-state index in [0.717, 1.165) is 5.56 Å².